The normalized spacial score (nSPS) is 17.6. The van der Waals surface area contributed by atoms with E-state index >= 15 is 0 Å². The van der Waals surface area contributed by atoms with Crippen molar-refractivity contribution in [2.45, 2.75) is 61.5 Å². The first-order chi connectivity index (χ1) is 8.65. The van der Waals surface area contributed by atoms with Crippen LogP contribution < -0.4 is 0 Å². The molecule has 0 bridgehead atoms. The lowest BCUT2D eigenvalue weighted by molar-refractivity contribution is -0.136. The third-order valence-electron chi connectivity index (χ3n) is 3.25. The summed E-state index contributed by atoms with van der Waals surface area (Å²) >= 11 is 3.41. The number of nitrogens with zero attached hydrogens (tertiary/aromatic N) is 1. The average Bonchev–Trinajstić information content (AvgIpc) is 2.53. The van der Waals surface area contributed by atoms with Crippen LogP contribution in [-0.4, -0.2) is 21.3 Å². The first-order valence-corrected chi connectivity index (χ1v) is 8.19. The molecule has 0 saturated heterocycles. The molecule has 1 N–H and O–H groups in total. The molecule has 1 aliphatic carbocycles. The van der Waals surface area contributed by atoms with Crippen LogP contribution in [0.15, 0.2) is 4.34 Å². The Balaban J connectivity index is 1.98. The smallest absolute Gasteiger partial charge is 0.308 e. The number of thiazole rings is 1. The van der Waals surface area contributed by atoms with Gasteiger partial charge in [-0.05, 0) is 19.8 Å². The van der Waals surface area contributed by atoms with Crippen LogP contribution in [0.1, 0.15) is 49.1 Å². The molecule has 0 spiro atoms. The average molecular weight is 285 g/mol. The second-order valence-corrected chi connectivity index (χ2v) is 7.42. The molecule has 0 unspecified atom stereocenters. The number of carboxylic acids is 1. The van der Waals surface area contributed by atoms with Crippen molar-refractivity contribution in [2.24, 2.45) is 0 Å². The molecule has 0 radical (unpaired) electrons. The maximum absolute atomic E-state index is 10.7. The van der Waals surface area contributed by atoms with Gasteiger partial charge in [0.05, 0.1) is 12.1 Å². The lowest BCUT2D eigenvalue weighted by Gasteiger charge is -2.10. The molecule has 5 heteroatoms. The van der Waals surface area contributed by atoms with Crippen LogP contribution in [0.2, 0.25) is 0 Å². The van der Waals surface area contributed by atoms with Gasteiger partial charge in [-0.15, -0.1) is 11.3 Å². The highest BCUT2D eigenvalue weighted by Gasteiger charge is 2.17. The number of thioether (sulfide) groups is 1. The molecule has 1 saturated carbocycles. The topological polar surface area (TPSA) is 50.2 Å². The van der Waals surface area contributed by atoms with Crippen LogP contribution in [0.25, 0.3) is 0 Å². The molecule has 1 fully saturated rings. The fourth-order valence-corrected chi connectivity index (χ4v) is 4.98. The van der Waals surface area contributed by atoms with Gasteiger partial charge in [-0.1, -0.05) is 37.4 Å². The van der Waals surface area contributed by atoms with Gasteiger partial charge in [0.2, 0.25) is 0 Å². The molecule has 0 amide bonds. The lowest BCUT2D eigenvalue weighted by Crippen LogP contribution is -1.99. The van der Waals surface area contributed by atoms with Crippen LogP contribution in [-0.2, 0) is 11.2 Å². The fraction of sp³-hybridized carbons (Fsp3) is 0.692. The van der Waals surface area contributed by atoms with Crippen LogP contribution in [0.3, 0.4) is 0 Å². The number of hydrogen-bond acceptors (Lipinski definition) is 4. The molecule has 1 aromatic heterocycles. The second kappa shape index (κ2) is 6.57. The number of carboxylic acid groups (broad SMARTS) is 1. The van der Waals surface area contributed by atoms with E-state index in [1.165, 1.54) is 38.5 Å². The molecule has 1 heterocycles. The summed E-state index contributed by atoms with van der Waals surface area (Å²) in [7, 11) is 0. The van der Waals surface area contributed by atoms with Crippen LogP contribution in [0, 0.1) is 6.92 Å². The molecular weight excluding hydrogens is 266 g/mol. The van der Waals surface area contributed by atoms with Gasteiger partial charge >= 0.3 is 5.97 Å². The summed E-state index contributed by atoms with van der Waals surface area (Å²) in [6.45, 7) is 1.91. The summed E-state index contributed by atoms with van der Waals surface area (Å²) in [5.41, 5.74) is 0.888. The quantitative estimate of drug-likeness (QED) is 0.853. The van der Waals surface area contributed by atoms with E-state index in [0.29, 0.717) is 5.25 Å². The van der Waals surface area contributed by atoms with Crippen molar-refractivity contribution in [3.63, 3.8) is 0 Å². The molecule has 1 aliphatic rings. The largest absolute Gasteiger partial charge is 0.481 e. The molecule has 0 aromatic carbocycles. The van der Waals surface area contributed by atoms with Gasteiger partial charge in [-0.25, -0.2) is 4.98 Å². The highest BCUT2D eigenvalue weighted by molar-refractivity contribution is 8.01. The van der Waals surface area contributed by atoms with Crippen molar-refractivity contribution in [3.8, 4) is 0 Å². The maximum atomic E-state index is 10.7. The summed E-state index contributed by atoms with van der Waals surface area (Å²) in [4.78, 5) is 16.1. The van der Waals surface area contributed by atoms with Gasteiger partial charge in [0.15, 0.2) is 4.34 Å². The zero-order valence-electron chi connectivity index (χ0n) is 10.6. The molecule has 3 nitrogen and oxygen atoms in total. The third kappa shape index (κ3) is 3.99. The Morgan fingerprint density at radius 2 is 2.06 bits per heavy atom. The lowest BCUT2D eigenvalue weighted by atomic mass is 10.2. The first-order valence-electron chi connectivity index (χ1n) is 6.50. The van der Waals surface area contributed by atoms with Crippen molar-refractivity contribution in [2.75, 3.05) is 0 Å². The SMILES string of the molecule is Cc1nc(SC2CCCCCC2)sc1CC(=O)O. The summed E-state index contributed by atoms with van der Waals surface area (Å²) in [6, 6.07) is 0. The Morgan fingerprint density at radius 1 is 1.39 bits per heavy atom. The molecule has 1 aromatic rings. The van der Waals surface area contributed by atoms with Crippen LogP contribution in [0.4, 0.5) is 0 Å². The number of carbonyl (C=O) groups is 1. The molecule has 100 valence electrons. The Hall–Kier alpha value is -0.550. The van der Waals surface area contributed by atoms with E-state index in [9.17, 15) is 4.79 Å². The van der Waals surface area contributed by atoms with Crippen LogP contribution in [0.5, 0.6) is 0 Å². The standard InChI is InChI=1S/C13H19NO2S2/c1-9-11(8-12(15)16)18-13(14-9)17-10-6-4-2-3-5-7-10/h10H,2-8H2,1H3,(H,15,16). The Bertz CT molecular complexity index is 409. The van der Waals surface area contributed by atoms with E-state index < -0.39 is 5.97 Å². The van der Waals surface area contributed by atoms with Gasteiger partial charge in [0.25, 0.3) is 0 Å². The summed E-state index contributed by atoms with van der Waals surface area (Å²) in [5, 5.41) is 9.51. The zero-order chi connectivity index (χ0) is 13.0. The van der Waals surface area contributed by atoms with E-state index in [2.05, 4.69) is 4.98 Å². The Morgan fingerprint density at radius 3 is 2.67 bits per heavy atom. The number of aromatic nitrogens is 1. The van der Waals surface area contributed by atoms with Crippen molar-refractivity contribution < 1.29 is 9.90 Å². The predicted octanol–water partition coefficient (Wildman–Crippen LogP) is 3.89. The van der Waals surface area contributed by atoms with Crippen molar-refractivity contribution >= 4 is 29.1 Å². The minimum atomic E-state index is -0.771. The number of rotatable bonds is 4. The van der Waals surface area contributed by atoms with E-state index in [4.69, 9.17) is 5.11 Å². The number of aliphatic carboxylic acids is 1. The summed E-state index contributed by atoms with van der Waals surface area (Å²) in [6.07, 6.45) is 8.02. The highest BCUT2D eigenvalue weighted by atomic mass is 32.2. The third-order valence-corrected chi connectivity index (χ3v) is 5.84. The molecule has 0 aliphatic heterocycles. The Labute approximate surface area is 116 Å². The first kappa shape index (κ1) is 13.9. The van der Waals surface area contributed by atoms with Gasteiger partial charge in [-0.2, -0.15) is 0 Å². The minimum Gasteiger partial charge on any atom is -0.481 e. The van der Waals surface area contributed by atoms with Gasteiger partial charge in [0, 0.05) is 10.1 Å². The minimum absolute atomic E-state index is 0.106. The molecule has 18 heavy (non-hydrogen) atoms. The van der Waals surface area contributed by atoms with Crippen LogP contribution >= 0.6 is 23.1 Å². The highest BCUT2D eigenvalue weighted by Crippen LogP contribution is 2.36. The summed E-state index contributed by atoms with van der Waals surface area (Å²) < 4.78 is 1.05. The fourth-order valence-electron chi connectivity index (χ4n) is 2.26. The number of hydrogen-bond donors (Lipinski definition) is 1. The predicted molar refractivity (Wildman–Crippen MR) is 75.5 cm³/mol. The van der Waals surface area contributed by atoms with Crippen molar-refractivity contribution in [3.05, 3.63) is 10.6 Å². The molecule has 2 rings (SSSR count). The van der Waals surface area contributed by atoms with E-state index in [0.717, 1.165) is 14.9 Å². The van der Waals surface area contributed by atoms with E-state index in [-0.39, 0.29) is 6.42 Å². The number of aryl methyl sites for hydroxylation is 1. The maximum Gasteiger partial charge on any atom is 0.308 e. The molecular formula is C13H19NO2S2. The second-order valence-electron chi connectivity index (χ2n) is 4.79. The zero-order valence-corrected chi connectivity index (χ0v) is 12.3. The monoisotopic (exact) mass is 285 g/mol. The Kier molecular flexibility index (Phi) is 5.06. The van der Waals surface area contributed by atoms with E-state index in [1.54, 1.807) is 11.3 Å². The summed E-state index contributed by atoms with van der Waals surface area (Å²) in [5.74, 6) is -0.771. The molecule has 0 atom stereocenters. The van der Waals surface area contributed by atoms with E-state index in [1.807, 2.05) is 18.7 Å². The van der Waals surface area contributed by atoms with Gasteiger partial charge in [0.1, 0.15) is 0 Å². The van der Waals surface area contributed by atoms with Crippen molar-refractivity contribution in [1.82, 2.24) is 4.98 Å². The van der Waals surface area contributed by atoms with Crippen molar-refractivity contribution in [1.29, 1.82) is 0 Å². The van der Waals surface area contributed by atoms with Gasteiger partial charge in [-0.3, -0.25) is 4.79 Å². The van der Waals surface area contributed by atoms with Gasteiger partial charge < -0.3 is 5.11 Å².